The first kappa shape index (κ1) is 44.5. The summed E-state index contributed by atoms with van der Waals surface area (Å²) in [6.45, 7) is 20.6. The average Bonchev–Trinajstić information content (AvgIpc) is 3.86. The number of hydrogen-bond donors (Lipinski definition) is 4. The van der Waals surface area contributed by atoms with Crippen molar-refractivity contribution in [2.24, 2.45) is 35.5 Å². The fourth-order valence-electron chi connectivity index (χ4n) is 13.2. The van der Waals surface area contributed by atoms with Crippen LogP contribution in [-0.4, -0.2) is 112 Å². The number of fused-ring (bicyclic) bond motifs is 5. The highest BCUT2D eigenvalue weighted by Gasteiger charge is 2.64. The van der Waals surface area contributed by atoms with Crippen LogP contribution in [0.15, 0.2) is 36.0 Å². The number of allylic oxidation sites excluding steroid dienone is 1. The van der Waals surface area contributed by atoms with Crippen molar-refractivity contribution in [2.45, 2.75) is 216 Å². The summed E-state index contributed by atoms with van der Waals surface area (Å²) in [5.74, 6) is -4.32. The van der Waals surface area contributed by atoms with Crippen molar-refractivity contribution in [1.82, 2.24) is 5.32 Å². The molecule has 61 heavy (non-hydrogen) atoms. The number of ether oxygens (including phenoxy) is 8. The van der Waals surface area contributed by atoms with Gasteiger partial charge in [0.15, 0.2) is 23.1 Å². The molecule has 342 valence electrons. The minimum atomic E-state index is -1.88. The van der Waals surface area contributed by atoms with Crippen LogP contribution < -0.4 is 5.32 Å². The normalized spacial score (nSPS) is 52.4. The molecule has 0 radical (unpaired) electrons. The second-order valence-electron chi connectivity index (χ2n) is 21.5. The van der Waals surface area contributed by atoms with Crippen LogP contribution in [0.3, 0.4) is 0 Å². The van der Waals surface area contributed by atoms with E-state index in [9.17, 15) is 15.0 Å². The van der Waals surface area contributed by atoms with E-state index in [-0.39, 0.29) is 60.8 Å². The second kappa shape index (κ2) is 16.3. The van der Waals surface area contributed by atoms with E-state index in [0.29, 0.717) is 69.1 Å². The van der Waals surface area contributed by atoms with Crippen LogP contribution in [0, 0.1) is 35.5 Å². The van der Waals surface area contributed by atoms with E-state index >= 15 is 0 Å². The Hall–Kier alpha value is -1.75. The van der Waals surface area contributed by atoms with Crippen LogP contribution in [0.5, 0.6) is 0 Å². The Morgan fingerprint density at radius 2 is 1.67 bits per heavy atom. The molecular weight excluding hydrogens is 783 g/mol. The van der Waals surface area contributed by atoms with Crippen molar-refractivity contribution in [3.63, 3.8) is 0 Å². The van der Waals surface area contributed by atoms with Crippen LogP contribution in [0.25, 0.3) is 0 Å². The van der Waals surface area contributed by atoms with E-state index < -0.39 is 53.2 Å². The summed E-state index contributed by atoms with van der Waals surface area (Å²) in [6.07, 6.45) is 10.1. The molecule has 20 atom stereocenters. The van der Waals surface area contributed by atoms with Gasteiger partial charge in [0.25, 0.3) is 0 Å². The standard InChI is InChI=1S/C48H73NO12/c1-26-16-34(11-9-10-12-40(50)51)55-44(21-26)13-14-47(61-44)32(7)19-35-36(58-47)20-38(54-35)43(52)48(53)33(8)18-29(4)41(60-48)30(5)23-45-22-27(2)17-37(56-45)42-39(57-45)24-46(59-42)31(6)15-28(3)25-49-46/h9,11,16,27-29,31-39,41-43,49,52-53H,5,10,12-15,17-25H2,1-4,6-8H3,(H,50,51)/b11-9+/t27-,28+,29-,31-,32+,33+,34+,35+,36+,37+,38-,39+,41-,42+,43-,44+,45-,46-,47+,48+/m0/s1. The zero-order valence-electron chi connectivity index (χ0n) is 37.5. The lowest BCUT2D eigenvalue weighted by molar-refractivity contribution is -0.367. The molecule has 0 aromatic rings. The van der Waals surface area contributed by atoms with Gasteiger partial charge in [0.1, 0.15) is 17.9 Å². The molecule has 0 aliphatic carbocycles. The number of rotatable bonds is 9. The highest BCUT2D eigenvalue weighted by molar-refractivity contribution is 5.66. The Morgan fingerprint density at radius 3 is 2.44 bits per heavy atom. The maximum Gasteiger partial charge on any atom is 0.303 e. The first-order valence-corrected chi connectivity index (χ1v) is 23.6. The maximum atomic E-state index is 12.4. The number of aliphatic hydroxyl groups is 2. The van der Waals surface area contributed by atoms with E-state index in [1.54, 1.807) is 0 Å². The van der Waals surface area contributed by atoms with Gasteiger partial charge in [-0.1, -0.05) is 71.9 Å². The smallest absolute Gasteiger partial charge is 0.303 e. The summed E-state index contributed by atoms with van der Waals surface area (Å²) in [7, 11) is 0. The molecule has 0 unspecified atom stereocenters. The molecule has 9 aliphatic heterocycles. The van der Waals surface area contributed by atoms with Gasteiger partial charge in [-0.15, -0.1) is 0 Å². The van der Waals surface area contributed by atoms with E-state index in [0.717, 1.165) is 43.4 Å². The first-order chi connectivity index (χ1) is 28.8. The van der Waals surface area contributed by atoms with Gasteiger partial charge in [-0.2, -0.15) is 0 Å². The lowest BCUT2D eigenvalue weighted by Crippen LogP contribution is -2.62. The van der Waals surface area contributed by atoms with E-state index in [1.807, 2.05) is 19.1 Å². The molecule has 13 heteroatoms. The summed E-state index contributed by atoms with van der Waals surface area (Å²) in [5.41, 5.74) is 1.54. The minimum absolute atomic E-state index is 0.0155. The van der Waals surface area contributed by atoms with E-state index in [1.165, 1.54) is 0 Å². The van der Waals surface area contributed by atoms with Gasteiger partial charge in [0, 0.05) is 69.7 Å². The predicted octanol–water partition coefficient (Wildman–Crippen LogP) is 6.65. The minimum Gasteiger partial charge on any atom is -0.481 e. The number of carboxylic acids is 1. The van der Waals surface area contributed by atoms with Gasteiger partial charge in [-0.25, -0.2) is 0 Å². The molecule has 0 saturated carbocycles. The zero-order chi connectivity index (χ0) is 43.3. The molecule has 8 fully saturated rings. The van der Waals surface area contributed by atoms with Crippen molar-refractivity contribution in [3.8, 4) is 0 Å². The topological polar surface area (TPSA) is 164 Å². The van der Waals surface area contributed by atoms with Crippen LogP contribution in [0.1, 0.15) is 132 Å². The molecule has 9 rings (SSSR count). The third-order valence-electron chi connectivity index (χ3n) is 16.2. The number of carbonyl (C=O) groups is 1. The monoisotopic (exact) mass is 856 g/mol. The van der Waals surface area contributed by atoms with Crippen molar-refractivity contribution >= 4 is 5.97 Å². The van der Waals surface area contributed by atoms with Crippen molar-refractivity contribution in [1.29, 1.82) is 0 Å². The number of aliphatic hydroxyl groups excluding tert-OH is 1. The Balaban J connectivity index is 0.850. The Kier molecular flexibility index (Phi) is 11.9. The van der Waals surface area contributed by atoms with Gasteiger partial charge >= 0.3 is 5.97 Å². The molecule has 4 N–H and O–H groups in total. The summed E-state index contributed by atoms with van der Waals surface area (Å²) < 4.78 is 54.4. The molecule has 3 spiro atoms. The van der Waals surface area contributed by atoms with Crippen molar-refractivity contribution in [3.05, 3.63) is 36.0 Å². The van der Waals surface area contributed by atoms with Gasteiger partial charge in [0.2, 0.25) is 0 Å². The van der Waals surface area contributed by atoms with Gasteiger partial charge < -0.3 is 53.2 Å². The molecule has 8 saturated heterocycles. The zero-order valence-corrected chi connectivity index (χ0v) is 37.5. The third-order valence-corrected chi connectivity index (χ3v) is 16.2. The second-order valence-corrected chi connectivity index (χ2v) is 21.5. The van der Waals surface area contributed by atoms with Crippen molar-refractivity contribution in [2.75, 3.05) is 6.54 Å². The number of piperidine rings is 1. The fourth-order valence-corrected chi connectivity index (χ4v) is 13.2. The Bertz CT molecular complexity index is 1740. The predicted molar refractivity (Wildman–Crippen MR) is 224 cm³/mol. The maximum absolute atomic E-state index is 12.4. The summed E-state index contributed by atoms with van der Waals surface area (Å²) in [6, 6.07) is 0. The molecule has 9 aliphatic rings. The molecule has 9 heterocycles. The van der Waals surface area contributed by atoms with E-state index in [4.69, 9.17) is 43.0 Å². The summed E-state index contributed by atoms with van der Waals surface area (Å²) >= 11 is 0. The number of hydrogen-bond acceptors (Lipinski definition) is 12. The average molecular weight is 856 g/mol. The highest BCUT2D eigenvalue weighted by atomic mass is 16.8. The third kappa shape index (κ3) is 8.16. The Labute approximate surface area is 362 Å². The molecule has 0 amide bonds. The first-order valence-electron chi connectivity index (χ1n) is 23.6. The van der Waals surface area contributed by atoms with Crippen LogP contribution in [0.2, 0.25) is 0 Å². The van der Waals surface area contributed by atoms with Gasteiger partial charge in [-0.3, -0.25) is 10.1 Å². The van der Waals surface area contributed by atoms with Crippen LogP contribution >= 0.6 is 0 Å². The van der Waals surface area contributed by atoms with Crippen LogP contribution in [-0.2, 0) is 42.7 Å². The lowest BCUT2D eigenvalue weighted by atomic mass is 9.76. The molecule has 13 nitrogen and oxygen atoms in total. The van der Waals surface area contributed by atoms with Gasteiger partial charge in [-0.05, 0) is 68.3 Å². The highest BCUT2D eigenvalue weighted by Crippen LogP contribution is 2.56. The molecule has 0 aromatic heterocycles. The summed E-state index contributed by atoms with van der Waals surface area (Å²) in [5, 5.41) is 37.4. The number of nitrogens with one attached hydrogen (secondary N) is 1. The quantitative estimate of drug-likeness (QED) is 0.183. The van der Waals surface area contributed by atoms with Crippen LogP contribution in [0.4, 0.5) is 0 Å². The lowest BCUT2D eigenvalue weighted by Gasteiger charge is -2.53. The molecular formula is C48H73NO12. The largest absolute Gasteiger partial charge is 0.481 e. The Morgan fingerprint density at radius 1 is 0.885 bits per heavy atom. The SMILES string of the molecule is C=C(C[C@@]12C[C@@H](C)C[C@@H](O1)[C@H]1O[C@]3(C[C@H]1O2)NC[C@H](C)C[C@@H]3C)[C@H]1O[C@@](O)([C@@H](O)[C@@H]2C[C@H]3O[C@@]4(CC[C@]5(CC(C)=C[C@@H](/C=C/CCC(=O)O)O5)O4)[C@H](C)C[C@H]3O2)[C@H](C)C[C@@H]1C. The fraction of sp³-hybridized carbons (Fsp3) is 0.854. The summed E-state index contributed by atoms with van der Waals surface area (Å²) in [4.78, 5) is 11.0. The number of aliphatic carboxylic acids is 1. The number of carboxylic acid groups (broad SMARTS) is 1. The molecule has 0 aromatic carbocycles. The van der Waals surface area contributed by atoms with E-state index in [2.05, 4.69) is 59.5 Å². The van der Waals surface area contributed by atoms with Crippen molar-refractivity contribution < 1.29 is 58.0 Å². The molecule has 2 bridgehead atoms. The van der Waals surface area contributed by atoms with Gasteiger partial charge in [0.05, 0.1) is 42.7 Å².